The molecule has 3 heteroatoms. The van der Waals surface area contributed by atoms with Crippen molar-refractivity contribution in [2.45, 2.75) is 33.2 Å². The first-order valence-electron chi connectivity index (χ1n) is 5.97. The van der Waals surface area contributed by atoms with Crippen molar-refractivity contribution in [3.8, 4) is 0 Å². The van der Waals surface area contributed by atoms with Crippen LogP contribution in [0.1, 0.15) is 36.7 Å². The first kappa shape index (κ1) is 14.4. The molecule has 0 radical (unpaired) electrons. The average Bonchev–Trinajstić information content (AvgIpc) is 2.27. The van der Waals surface area contributed by atoms with E-state index in [1.165, 1.54) is 6.07 Å². The lowest BCUT2D eigenvalue weighted by molar-refractivity contribution is 0.0611. The Bertz CT molecular complexity index is 460. The number of aryl methyl sites for hydroxylation is 1. The van der Waals surface area contributed by atoms with E-state index < -0.39 is 5.82 Å². The Morgan fingerprint density at radius 2 is 2.06 bits per heavy atom. The Hall–Kier alpha value is -1.64. The summed E-state index contributed by atoms with van der Waals surface area (Å²) in [6.07, 6.45) is 1.65. The number of nitrogens with zero attached hydrogens (tertiary/aromatic N) is 1. The number of benzene rings is 1. The SMILES string of the molecule is C=CCN(C(=O)c1cccc(C)c1F)C(C)(C)C. The predicted octanol–water partition coefficient (Wildman–Crippen LogP) is 3.56. The van der Waals surface area contributed by atoms with Crippen LogP contribution >= 0.6 is 0 Å². The van der Waals surface area contributed by atoms with E-state index in [-0.39, 0.29) is 17.0 Å². The van der Waals surface area contributed by atoms with Crippen molar-refractivity contribution in [2.75, 3.05) is 6.54 Å². The number of carbonyl (C=O) groups excluding carboxylic acids is 1. The van der Waals surface area contributed by atoms with Gasteiger partial charge in [-0.25, -0.2) is 4.39 Å². The molecule has 0 aromatic heterocycles. The lowest BCUT2D eigenvalue weighted by Crippen LogP contribution is -2.46. The van der Waals surface area contributed by atoms with Gasteiger partial charge in [-0.05, 0) is 39.3 Å². The van der Waals surface area contributed by atoms with Gasteiger partial charge < -0.3 is 4.90 Å². The van der Waals surface area contributed by atoms with Crippen molar-refractivity contribution in [3.63, 3.8) is 0 Å². The van der Waals surface area contributed by atoms with Crippen LogP contribution in [-0.2, 0) is 0 Å². The van der Waals surface area contributed by atoms with Crippen molar-refractivity contribution in [3.05, 3.63) is 47.8 Å². The van der Waals surface area contributed by atoms with Gasteiger partial charge in [-0.2, -0.15) is 0 Å². The Morgan fingerprint density at radius 1 is 1.44 bits per heavy atom. The van der Waals surface area contributed by atoms with Gasteiger partial charge in [0.15, 0.2) is 0 Å². The monoisotopic (exact) mass is 249 g/mol. The fourth-order valence-electron chi connectivity index (χ4n) is 1.75. The molecule has 0 saturated heterocycles. The van der Waals surface area contributed by atoms with E-state index in [4.69, 9.17) is 0 Å². The minimum absolute atomic E-state index is 0.117. The Morgan fingerprint density at radius 3 is 2.56 bits per heavy atom. The Kier molecular flexibility index (Phi) is 4.28. The van der Waals surface area contributed by atoms with Crippen LogP contribution < -0.4 is 0 Å². The van der Waals surface area contributed by atoms with Gasteiger partial charge in [-0.1, -0.05) is 18.2 Å². The normalized spacial score (nSPS) is 11.2. The Balaban J connectivity index is 3.18. The highest BCUT2D eigenvalue weighted by molar-refractivity contribution is 5.95. The van der Waals surface area contributed by atoms with E-state index >= 15 is 0 Å². The zero-order valence-corrected chi connectivity index (χ0v) is 11.5. The number of hydrogen-bond acceptors (Lipinski definition) is 1. The van der Waals surface area contributed by atoms with E-state index in [0.29, 0.717) is 12.1 Å². The zero-order chi connectivity index (χ0) is 13.9. The summed E-state index contributed by atoms with van der Waals surface area (Å²) in [6, 6.07) is 4.87. The highest BCUT2D eigenvalue weighted by atomic mass is 19.1. The molecule has 0 N–H and O–H groups in total. The number of amides is 1. The quantitative estimate of drug-likeness (QED) is 0.750. The van der Waals surface area contributed by atoms with Gasteiger partial charge in [0.2, 0.25) is 0 Å². The van der Waals surface area contributed by atoms with Crippen LogP contribution in [0, 0.1) is 12.7 Å². The lowest BCUT2D eigenvalue weighted by Gasteiger charge is -2.35. The first-order valence-corrected chi connectivity index (χ1v) is 5.97. The smallest absolute Gasteiger partial charge is 0.257 e. The second-order valence-corrected chi connectivity index (χ2v) is 5.31. The molecule has 0 aliphatic carbocycles. The summed E-state index contributed by atoms with van der Waals surface area (Å²) in [7, 11) is 0. The van der Waals surface area contributed by atoms with E-state index in [0.717, 1.165) is 0 Å². The minimum atomic E-state index is -0.444. The van der Waals surface area contributed by atoms with Gasteiger partial charge >= 0.3 is 0 Å². The maximum atomic E-state index is 14.0. The summed E-state index contributed by atoms with van der Waals surface area (Å²) in [5.41, 5.74) is 0.224. The van der Waals surface area contributed by atoms with Crippen LogP contribution in [-0.4, -0.2) is 22.9 Å². The van der Waals surface area contributed by atoms with Crippen LogP contribution in [0.25, 0.3) is 0 Å². The number of hydrogen-bond donors (Lipinski definition) is 0. The predicted molar refractivity (Wildman–Crippen MR) is 72.1 cm³/mol. The third-order valence-corrected chi connectivity index (χ3v) is 2.79. The van der Waals surface area contributed by atoms with Crippen LogP contribution in [0.2, 0.25) is 0 Å². The molecule has 1 aromatic rings. The molecule has 0 bridgehead atoms. The molecule has 0 heterocycles. The zero-order valence-electron chi connectivity index (χ0n) is 11.5. The largest absolute Gasteiger partial charge is 0.330 e. The molecule has 0 unspecified atom stereocenters. The number of halogens is 1. The van der Waals surface area contributed by atoms with Gasteiger partial charge in [-0.3, -0.25) is 4.79 Å². The molecule has 0 fully saturated rings. The first-order chi connectivity index (χ1) is 8.29. The third kappa shape index (κ3) is 2.97. The second-order valence-electron chi connectivity index (χ2n) is 5.31. The standard InChI is InChI=1S/C15H20FNO/c1-6-10-17(15(3,4)5)14(18)12-9-7-8-11(2)13(12)16/h6-9H,1,10H2,2-5H3. The summed E-state index contributed by atoms with van der Waals surface area (Å²) in [5.74, 6) is -0.746. The van der Waals surface area contributed by atoms with E-state index in [1.807, 2.05) is 20.8 Å². The molecule has 1 aromatic carbocycles. The molecule has 1 rings (SSSR count). The molecule has 18 heavy (non-hydrogen) atoms. The molecule has 0 spiro atoms. The summed E-state index contributed by atoms with van der Waals surface area (Å²) in [4.78, 5) is 14.0. The molecule has 0 saturated carbocycles. The fourth-order valence-corrected chi connectivity index (χ4v) is 1.75. The molecular weight excluding hydrogens is 229 g/mol. The maximum absolute atomic E-state index is 14.0. The van der Waals surface area contributed by atoms with Crippen molar-refractivity contribution in [1.29, 1.82) is 0 Å². The summed E-state index contributed by atoms with van der Waals surface area (Å²) in [6.45, 7) is 11.5. The minimum Gasteiger partial charge on any atom is -0.330 e. The van der Waals surface area contributed by atoms with Crippen LogP contribution in [0.5, 0.6) is 0 Å². The van der Waals surface area contributed by atoms with Gasteiger partial charge in [0.1, 0.15) is 5.82 Å². The second kappa shape index (κ2) is 5.34. The third-order valence-electron chi connectivity index (χ3n) is 2.79. The highest BCUT2D eigenvalue weighted by Crippen LogP contribution is 2.20. The van der Waals surface area contributed by atoms with E-state index in [9.17, 15) is 9.18 Å². The highest BCUT2D eigenvalue weighted by Gasteiger charge is 2.28. The maximum Gasteiger partial charge on any atom is 0.257 e. The van der Waals surface area contributed by atoms with Crippen molar-refractivity contribution >= 4 is 5.91 Å². The molecule has 98 valence electrons. The van der Waals surface area contributed by atoms with E-state index in [1.54, 1.807) is 30.0 Å². The van der Waals surface area contributed by atoms with Gasteiger partial charge in [0.05, 0.1) is 5.56 Å². The summed E-state index contributed by atoms with van der Waals surface area (Å²) in [5, 5.41) is 0. The topological polar surface area (TPSA) is 20.3 Å². The number of rotatable bonds is 3. The molecule has 1 amide bonds. The van der Waals surface area contributed by atoms with Gasteiger partial charge in [-0.15, -0.1) is 6.58 Å². The van der Waals surface area contributed by atoms with Gasteiger partial charge in [0.25, 0.3) is 5.91 Å². The summed E-state index contributed by atoms with van der Waals surface area (Å²) >= 11 is 0. The van der Waals surface area contributed by atoms with Crippen molar-refractivity contribution in [1.82, 2.24) is 4.90 Å². The number of carbonyl (C=O) groups is 1. The average molecular weight is 249 g/mol. The molecule has 2 nitrogen and oxygen atoms in total. The molecule has 0 aliphatic rings. The lowest BCUT2D eigenvalue weighted by atomic mass is 10.0. The van der Waals surface area contributed by atoms with E-state index in [2.05, 4.69) is 6.58 Å². The molecular formula is C15H20FNO. The molecule has 0 aliphatic heterocycles. The van der Waals surface area contributed by atoms with Crippen molar-refractivity contribution < 1.29 is 9.18 Å². The Labute approximate surface area is 108 Å². The summed E-state index contributed by atoms with van der Waals surface area (Å²) < 4.78 is 14.0. The van der Waals surface area contributed by atoms with Crippen LogP contribution in [0.3, 0.4) is 0 Å². The fraction of sp³-hybridized carbons (Fsp3) is 0.400. The molecule has 0 atom stereocenters. The van der Waals surface area contributed by atoms with Gasteiger partial charge in [0, 0.05) is 12.1 Å². The van der Waals surface area contributed by atoms with Crippen molar-refractivity contribution in [2.24, 2.45) is 0 Å². The van der Waals surface area contributed by atoms with Crippen LogP contribution in [0.15, 0.2) is 30.9 Å². The van der Waals surface area contributed by atoms with Crippen LogP contribution in [0.4, 0.5) is 4.39 Å².